The molecule has 2 N–H and O–H groups in total. The molecular formula is C21H24N2O2. The second-order valence-electron chi connectivity index (χ2n) is 6.24. The molecule has 0 spiro atoms. The van der Waals surface area contributed by atoms with Crippen LogP contribution in [0.4, 0.5) is 0 Å². The third kappa shape index (κ3) is 3.53. The smallest absolute Gasteiger partial charge is 0.115 e. The minimum absolute atomic E-state index is 0.257. The van der Waals surface area contributed by atoms with Gasteiger partial charge in [0.15, 0.2) is 0 Å². The van der Waals surface area contributed by atoms with Crippen LogP contribution in [-0.4, -0.2) is 20.0 Å². The van der Waals surface area contributed by atoms with E-state index in [4.69, 9.17) is 5.10 Å². The summed E-state index contributed by atoms with van der Waals surface area (Å²) in [6, 6.07) is 14.5. The molecule has 0 radical (unpaired) electrons. The van der Waals surface area contributed by atoms with Crippen molar-refractivity contribution in [3.05, 3.63) is 54.1 Å². The first kappa shape index (κ1) is 17.1. The molecule has 0 aliphatic heterocycles. The highest BCUT2D eigenvalue weighted by atomic mass is 16.3. The van der Waals surface area contributed by atoms with Crippen molar-refractivity contribution >= 4 is 0 Å². The zero-order valence-electron chi connectivity index (χ0n) is 14.7. The van der Waals surface area contributed by atoms with Gasteiger partial charge in [-0.05, 0) is 61.4 Å². The van der Waals surface area contributed by atoms with Gasteiger partial charge in [0.05, 0.1) is 11.4 Å². The van der Waals surface area contributed by atoms with Crippen LogP contribution in [0.25, 0.3) is 22.5 Å². The molecule has 0 bridgehead atoms. The van der Waals surface area contributed by atoms with Gasteiger partial charge in [-0.25, -0.2) is 0 Å². The van der Waals surface area contributed by atoms with Crippen molar-refractivity contribution in [1.29, 1.82) is 0 Å². The summed E-state index contributed by atoms with van der Waals surface area (Å²) < 4.78 is 2.07. The van der Waals surface area contributed by atoms with Gasteiger partial charge >= 0.3 is 0 Å². The Bertz CT molecular complexity index is 834. The van der Waals surface area contributed by atoms with Crippen LogP contribution in [0.2, 0.25) is 0 Å². The number of aryl methyl sites for hydroxylation is 1. The molecule has 0 saturated carbocycles. The van der Waals surface area contributed by atoms with Gasteiger partial charge in [0.2, 0.25) is 0 Å². The van der Waals surface area contributed by atoms with Crippen molar-refractivity contribution in [2.45, 2.75) is 39.7 Å². The molecule has 4 heteroatoms. The molecule has 0 aliphatic rings. The number of benzene rings is 2. The van der Waals surface area contributed by atoms with Crippen LogP contribution in [0.15, 0.2) is 48.5 Å². The maximum absolute atomic E-state index is 9.61. The second-order valence-corrected chi connectivity index (χ2v) is 6.24. The Morgan fingerprint density at radius 2 is 1.36 bits per heavy atom. The molecule has 3 aromatic rings. The van der Waals surface area contributed by atoms with Crippen molar-refractivity contribution < 1.29 is 10.2 Å². The Kier molecular flexibility index (Phi) is 5.08. The van der Waals surface area contributed by atoms with Gasteiger partial charge in [0.25, 0.3) is 0 Å². The number of phenolic OH excluding ortho intramolecular Hbond substituents is 2. The number of rotatable bonds is 6. The molecule has 25 heavy (non-hydrogen) atoms. The van der Waals surface area contributed by atoms with Gasteiger partial charge in [-0.3, -0.25) is 4.68 Å². The van der Waals surface area contributed by atoms with Gasteiger partial charge in [-0.1, -0.05) is 20.3 Å². The first-order valence-electron chi connectivity index (χ1n) is 8.82. The van der Waals surface area contributed by atoms with Gasteiger partial charge in [0, 0.05) is 23.2 Å². The van der Waals surface area contributed by atoms with Crippen LogP contribution < -0.4 is 0 Å². The molecule has 3 rings (SSSR count). The average Bonchev–Trinajstić information content (AvgIpc) is 2.95. The predicted octanol–water partition coefficient (Wildman–Crippen LogP) is 4.99. The van der Waals surface area contributed by atoms with E-state index in [0.29, 0.717) is 0 Å². The van der Waals surface area contributed by atoms with Crippen LogP contribution in [0.3, 0.4) is 0 Å². The first-order chi connectivity index (χ1) is 12.1. The maximum atomic E-state index is 9.61. The molecule has 1 heterocycles. The van der Waals surface area contributed by atoms with E-state index in [9.17, 15) is 10.2 Å². The van der Waals surface area contributed by atoms with Crippen LogP contribution in [-0.2, 0) is 13.0 Å². The van der Waals surface area contributed by atoms with Gasteiger partial charge in [-0.2, -0.15) is 5.10 Å². The van der Waals surface area contributed by atoms with Crippen molar-refractivity contribution in [3.63, 3.8) is 0 Å². The fraction of sp³-hybridized carbons (Fsp3) is 0.286. The number of phenols is 2. The quantitative estimate of drug-likeness (QED) is 0.666. The number of nitrogens with zero attached hydrogens (tertiary/aromatic N) is 2. The highest BCUT2D eigenvalue weighted by Crippen LogP contribution is 2.34. The van der Waals surface area contributed by atoms with E-state index in [0.717, 1.165) is 48.3 Å². The number of aromatic nitrogens is 2. The predicted molar refractivity (Wildman–Crippen MR) is 101 cm³/mol. The zero-order chi connectivity index (χ0) is 17.8. The normalized spacial score (nSPS) is 11.0. The Balaban J connectivity index is 2.20. The Labute approximate surface area is 148 Å². The molecule has 0 fully saturated rings. The van der Waals surface area contributed by atoms with Crippen LogP contribution >= 0.6 is 0 Å². The molecule has 2 aromatic carbocycles. The fourth-order valence-electron chi connectivity index (χ4n) is 3.15. The van der Waals surface area contributed by atoms with E-state index in [-0.39, 0.29) is 11.5 Å². The van der Waals surface area contributed by atoms with Crippen LogP contribution in [0.5, 0.6) is 11.5 Å². The molecule has 0 atom stereocenters. The summed E-state index contributed by atoms with van der Waals surface area (Å²) >= 11 is 0. The lowest BCUT2D eigenvalue weighted by Crippen LogP contribution is -2.02. The molecule has 0 amide bonds. The van der Waals surface area contributed by atoms with Gasteiger partial charge in [0.1, 0.15) is 11.5 Å². The summed E-state index contributed by atoms with van der Waals surface area (Å²) in [6.07, 6.45) is 2.94. The maximum Gasteiger partial charge on any atom is 0.115 e. The highest BCUT2D eigenvalue weighted by Gasteiger charge is 2.19. The number of hydrogen-bond acceptors (Lipinski definition) is 3. The largest absolute Gasteiger partial charge is 0.508 e. The SMILES string of the molecule is CCCc1c(-c2ccc(O)cc2)nn(CCC)c1-c1ccc(O)cc1. The minimum atomic E-state index is 0.257. The van der Waals surface area contributed by atoms with E-state index in [1.807, 2.05) is 24.3 Å². The van der Waals surface area contributed by atoms with Crippen LogP contribution in [0.1, 0.15) is 32.3 Å². The summed E-state index contributed by atoms with van der Waals surface area (Å²) in [6.45, 7) is 5.14. The summed E-state index contributed by atoms with van der Waals surface area (Å²) in [7, 11) is 0. The molecule has 4 nitrogen and oxygen atoms in total. The topological polar surface area (TPSA) is 58.3 Å². The van der Waals surface area contributed by atoms with E-state index < -0.39 is 0 Å². The monoisotopic (exact) mass is 336 g/mol. The van der Waals surface area contributed by atoms with E-state index in [1.54, 1.807) is 24.3 Å². The van der Waals surface area contributed by atoms with Gasteiger partial charge in [-0.15, -0.1) is 0 Å². The Hall–Kier alpha value is -2.75. The van der Waals surface area contributed by atoms with E-state index >= 15 is 0 Å². The lowest BCUT2D eigenvalue weighted by molar-refractivity contribution is 0.475. The van der Waals surface area contributed by atoms with Crippen LogP contribution in [0, 0.1) is 0 Å². The third-order valence-electron chi connectivity index (χ3n) is 4.27. The Morgan fingerprint density at radius 3 is 1.88 bits per heavy atom. The molecule has 0 unspecified atom stereocenters. The van der Waals surface area contributed by atoms with Crippen molar-refractivity contribution in [3.8, 4) is 34.0 Å². The molecule has 130 valence electrons. The molecular weight excluding hydrogens is 312 g/mol. The van der Waals surface area contributed by atoms with Gasteiger partial charge < -0.3 is 10.2 Å². The number of hydrogen-bond donors (Lipinski definition) is 2. The lowest BCUT2D eigenvalue weighted by Gasteiger charge is -2.09. The summed E-state index contributed by atoms with van der Waals surface area (Å²) in [5.74, 6) is 0.522. The van der Waals surface area contributed by atoms with Crippen molar-refractivity contribution in [2.24, 2.45) is 0 Å². The summed E-state index contributed by atoms with van der Waals surface area (Å²) in [5.41, 5.74) is 5.38. The molecule has 1 aromatic heterocycles. The molecule has 0 aliphatic carbocycles. The van der Waals surface area contributed by atoms with Crippen molar-refractivity contribution in [2.75, 3.05) is 0 Å². The van der Waals surface area contributed by atoms with Crippen molar-refractivity contribution in [1.82, 2.24) is 9.78 Å². The lowest BCUT2D eigenvalue weighted by atomic mass is 9.98. The fourth-order valence-corrected chi connectivity index (χ4v) is 3.15. The molecule has 0 saturated heterocycles. The second kappa shape index (κ2) is 7.43. The summed E-state index contributed by atoms with van der Waals surface area (Å²) in [4.78, 5) is 0. The Morgan fingerprint density at radius 1 is 0.800 bits per heavy atom. The number of aromatic hydroxyl groups is 2. The zero-order valence-corrected chi connectivity index (χ0v) is 14.7. The third-order valence-corrected chi connectivity index (χ3v) is 4.27. The minimum Gasteiger partial charge on any atom is -0.508 e. The summed E-state index contributed by atoms with van der Waals surface area (Å²) in [5, 5.41) is 24.1. The standard InChI is InChI=1S/C21H24N2O2/c1-3-5-19-20(15-6-10-17(24)11-7-15)22-23(14-4-2)21(19)16-8-12-18(25)13-9-16/h6-13,24-25H,3-5,14H2,1-2H3. The first-order valence-corrected chi connectivity index (χ1v) is 8.82. The highest BCUT2D eigenvalue weighted by molar-refractivity contribution is 5.75. The van der Waals surface area contributed by atoms with E-state index in [1.165, 1.54) is 5.56 Å². The average molecular weight is 336 g/mol. The van der Waals surface area contributed by atoms with E-state index in [2.05, 4.69) is 18.5 Å².